The number of benzene rings is 1. The van der Waals surface area contributed by atoms with Gasteiger partial charge in [-0.3, -0.25) is 0 Å². The summed E-state index contributed by atoms with van der Waals surface area (Å²) in [6.45, 7) is 5.17. The van der Waals surface area contributed by atoms with E-state index in [0.29, 0.717) is 23.3 Å². The monoisotopic (exact) mass is 295 g/mol. The molecule has 1 aliphatic heterocycles. The fourth-order valence-corrected chi connectivity index (χ4v) is 5.22. The summed E-state index contributed by atoms with van der Waals surface area (Å²) in [4.78, 5) is 0. The van der Waals surface area contributed by atoms with E-state index in [-0.39, 0.29) is 0 Å². The van der Waals surface area contributed by atoms with Gasteiger partial charge in [-0.05, 0) is 68.8 Å². The van der Waals surface area contributed by atoms with Gasteiger partial charge >= 0.3 is 0 Å². The molecule has 112 valence electrons. The zero-order valence-corrected chi connectivity index (χ0v) is 13.5. The molecule has 0 bridgehead atoms. The predicted octanol–water partition coefficient (Wildman–Crippen LogP) is 2.12. The molecule has 0 aliphatic carbocycles. The molecular weight excluding hydrogens is 270 g/mol. The van der Waals surface area contributed by atoms with Crippen molar-refractivity contribution in [3.05, 3.63) is 34.9 Å². The van der Waals surface area contributed by atoms with Gasteiger partial charge in [0.05, 0.1) is 11.5 Å². The van der Waals surface area contributed by atoms with Crippen LogP contribution in [0.5, 0.6) is 0 Å². The average Bonchev–Trinajstić information content (AvgIpc) is 2.73. The lowest BCUT2D eigenvalue weighted by atomic mass is 9.84. The van der Waals surface area contributed by atoms with Gasteiger partial charge < -0.3 is 5.32 Å². The maximum Gasteiger partial charge on any atom is 0.150 e. The molecule has 1 aromatic carbocycles. The van der Waals surface area contributed by atoms with Gasteiger partial charge in [-0.2, -0.15) is 0 Å². The van der Waals surface area contributed by atoms with Crippen LogP contribution in [0.2, 0.25) is 0 Å². The van der Waals surface area contributed by atoms with Gasteiger partial charge in [0.15, 0.2) is 9.84 Å². The summed E-state index contributed by atoms with van der Waals surface area (Å²) in [5, 5.41) is 3.24. The Bertz CT molecular complexity index is 546. The summed E-state index contributed by atoms with van der Waals surface area (Å²) in [6.07, 6.45) is 1.79. The zero-order valence-electron chi connectivity index (χ0n) is 12.6. The number of sulfone groups is 1. The molecule has 0 spiro atoms. The summed E-state index contributed by atoms with van der Waals surface area (Å²) in [7, 11) is -0.854. The van der Waals surface area contributed by atoms with E-state index in [0.717, 1.165) is 19.4 Å². The Labute approximate surface area is 122 Å². The fraction of sp³-hybridized carbons (Fsp3) is 0.625. The minimum Gasteiger partial charge on any atom is -0.319 e. The highest BCUT2D eigenvalue weighted by molar-refractivity contribution is 7.91. The van der Waals surface area contributed by atoms with Gasteiger partial charge in [-0.15, -0.1) is 0 Å². The summed E-state index contributed by atoms with van der Waals surface area (Å²) in [5.74, 6) is 1.43. The van der Waals surface area contributed by atoms with Crippen molar-refractivity contribution in [2.24, 2.45) is 11.8 Å². The van der Waals surface area contributed by atoms with Gasteiger partial charge in [0.25, 0.3) is 0 Å². The first-order chi connectivity index (χ1) is 9.43. The molecule has 0 saturated carbocycles. The Balaban J connectivity index is 2.18. The van der Waals surface area contributed by atoms with Crippen molar-refractivity contribution in [2.45, 2.75) is 26.7 Å². The molecule has 0 amide bonds. The van der Waals surface area contributed by atoms with E-state index in [1.165, 1.54) is 16.7 Å². The first kappa shape index (κ1) is 15.5. The number of nitrogens with one attached hydrogen (secondary N) is 1. The van der Waals surface area contributed by atoms with Gasteiger partial charge in [-0.25, -0.2) is 8.42 Å². The van der Waals surface area contributed by atoms with E-state index in [4.69, 9.17) is 0 Å². The predicted molar refractivity (Wildman–Crippen MR) is 83.8 cm³/mol. The zero-order chi connectivity index (χ0) is 14.8. The van der Waals surface area contributed by atoms with Crippen LogP contribution in [0, 0.1) is 25.7 Å². The van der Waals surface area contributed by atoms with Crippen LogP contribution < -0.4 is 5.32 Å². The molecule has 1 aliphatic rings. The summed E-state index contributed by atoms with van der Waals surface area (Å²) >= 11 is 0. The van der Waals surface area contributed by atoms with E-state index in [1.54, 1.807) is 0 Å². The second-order valence-electron chi connectivity index (χ2n) is 6.06. The first-order valence-corrected chi connectivity index (χ1v) is 9.15. The first-order valence-electron chi connectivity index (χ1n) is 7.33. The van der Waals surface area contributed by atoms with Crippen LogP contribution in [0.4, 0.5) is 0 Å². The SMILES string of the molecule is CNCC(Cc1c(C)cccc1C)C1CCS(=O)(=O)C1. The maximum absolute atomic E-state index is 11.7. The molecule has 0 aromatic heterocycles. The second kappa shape index (κ2) is 6.27. The molecular formula is C16H25NO2S. The molecule has 0 radical (unpaired) electrons. The molecule has 2 unspecified atom stereocenters. The minimum atomic E-state index is -2.80. The van der Waals surface area contributed by atoms with E-state index in [2.05, 4.69) is 37.4 Å². The Kier molecular flexibility index (Phi) is 4.86. The fourth-order valence-electron chi connectivity index (χ4n) is 3.30. The maximum atomic E-state index is 11.7. The molecule has 4 heteroatoms. The highest BCUT2D eigenvalue weighted by atomic mass is 32.2. The summed E-state index contributed by atoms with van der Waals surface area (Å²) in [5.41, 5.74) is 4.01. The smallest absolute Gasteiger partial charge is 0.150 e. The summed E-state index contributed by atoms with van der Waals surface area (Å²) in [6, 6.07) is 6.37. The van der Waals surface area contributed by atoms with Crippen LogP contribution in [0.3, 0.4) is 0 Å². The van der Waals surface area contributed by atoms with Crippen LogP contribution in [-0.4, -0.2) is 33.5 Å². The molecule has 3 nitrogen and oxygen atoms in total. The van der Waals surface area contributed by atoms with Crippen molar-refractivity contribution < 1.29 is 8.42 Å². The molecule has 1 fully saturated rings. The number of hydrogen-bond acceptors (Lipinski definition) is 3. The third-order valence-corrected chi connectivity index (χ3v) is 6.31. The topological polar surface area (TPSA) is 46.2 Å². The lowest BCUT2D eigenvalue weighted by Crippen LogP contribution is -2.29. The summed E-state index contributed by atoms with van der Waals surface area (Å²) < 4.78 is 23.4. The Morgan fingerprint density at radius 1 is 1.30 bits per heavy atom. The van der Waals surface area contributed by atoms with Gasteiger partial charge in [0.1, 0.15) is 0 Å². The van der Waals surface area contributed by atoms with Crippen LogP contribution in [0.15, 0.2) is 18.2 Å². The molecule has 2 rings (SSSR count). The van der Waals surface area contributed by atoms with Crippen LogP contribution in [0.25, 0.3) is 0 Å². The van der Waals surface area contributed by atoms with Gasteiger partial charge in [0.2, 0.25) is 0 Å². The standard InChI is InChI=1S/C16H25NO2S/c1-12-5-4-6-13(2)16(12)9-15(10-17-3)14-7-8-20(18,19)11-14/h4-6,14-15,17H,7-11H2,1-3H3. The third kappa shape index (κ3) is 3.61. The lowest BCUT2D eigenvalue weighted by Gasteiger charge is -2.24. The van der Waals surface area contributed by atoms with Crippen molar-refractivity contribution in [1.29, 1.82) is 0 Å². The quantitative estimate of drug-likeness (QED) is 0.905. The normalized spacial score (nSPS) is 22.9. The molecule has 1 saturated heterocycles. The molecule has 20 heavy (non-hydrogen) atoms. The number of hydrogen-bond donors (Lipinski definition) is 1. The third-order valence-electron chi connectivity index (χ3n) is 4.51. The number of rotatable bonds is 5. The molecule has 1 aromatic rings. The van der Waals surface area contributed by atoms with Crippen LogP contribution in [-0.2, 0) is 16.3 Å². The second-order valence-corrected chi connectivity index (χ2v) is 8.28. The highest BCUT2D eigenvalue weighted by Gasteiger charge is 2.33. The van der Waals surface area contributed by atoms with E-state index >= 15 is 0 Å². The van der Waals surface area contributed by atoms with E-state index in [1.807, 2.05) is 7.05 Å². The van der Waals surface area contributed by atoms with Gasteiger partial charge in [-0.1, -0.05) is 18.2 Å². The van der Waals surface area contributed by atoms with Crippen molar-refractivity contribution in [3.8, 4) is 0 Å². The van der Waals surface area contributed by atoms with Gasteiger partial charge in [0, 0.05) is 0 Å². The Morgan fingerprint density at radius 2 is 1.95 bits per heavy atom. The molecule has 2 atom stereocenters. The van der Waals surface area contributed by atoms with Crippen LogP contribution >= 0.6 is 0 Å². The van der Waals surface area contributed by atoms with E-state index in [9.17, 15) is 8.42 Å². The average molecular weight is 295 g/mol. The molecule has 1 heterocycles. The van der Waals surface area contributed by atoms with Crippen molar-refractivity contribution in [3.63, 3.8) is 0 Å². The lowest BCUT2D eigenvalue weighted by molar-refractivity contribution is 0.351. The Hall–Kier alpha value is -0.870. The van der Waals surface area contributed by atoms with Crippen molar-refractivity contribution in [2.75, 3.05) is 25.1 Å². The Morgan fingerprint density at radius 3 is 2.45 bits per heavy atom. The number of aryl methyl sites for hydroxylation is 2. The highest BCUT2D eigenvalue weighted by Crippen LogP contribution is 2.30. The van der Waals surface area contributed by atoms with E-state index < -0.39 is 9.84 Å². The largest absolute Gasteiger partial charge is 0.319 e. The molecule has 1 N–H and O–H groups in total. The minimum absolute atomic E-state index is 0.298. The van der Waals surface area contributed by atoms with Crippen LogP contribution in [0.1, 0.15) is 23.1 Å². The van der Waals surface area contributed by atoms with Crippen molar-refractivity contribution >= 4 is 9.84 Å². The van der Waals surface area contributed by atoms with Crippen molar-refractivity contribution in [1.82, 2.24) is 5.32 Å².